The molecular formula is C21H12BrClN4O2. The van der Waals surface area contributed by atoms with Crippen molar-refractivity contribution in [3.63, 3.8) is 0 Å². The molecule has 0 aliphatic heterocycles. The topological polar surface area (TPSA) is 91.7 Å². The zero-order valence-electron chi connectivity index (χ0n) is 15.0. The summed E-state index contributed by atoms with van der Waals surface area (Å²) < 4.78 is 6.01. The number of hydrogen-bond acceptors (Lipinski definition) is 5. The molecule has 0 amide bonds. The first kappa shape index (κ1) is 19.1. The molecule has 0 saturated heterocycles. The third kappa shape index (κ3) is 3.73. The van der Waals surface area contributed by atoms with Gasteiger partial charge in [0.05, 0.1) is 29.1 Å². The Balaban J connectivity index is 1.87. The van der Waals surface area contributed by atoms with Gasteiger partial charge in [0.25, 0.3) is 5.56 Å². The maximum absolute atomic E-state index is 12.4. The first-order valence-corrected chi connectivity index (χ1v) is 9.61. The van der Waals surface area contributed by atoms with E-state index in [0.29, 0.717) is 27.7 Å². The Morgan fingerprint density at radius 1 is 1.21 bits per heavy atom. The number of fused-ring (bicyclic) bond motifs is 2. The molecule has 0 aliphatic carbocycles. The number of hydrogen-bond donors (Lipinski definition) is 1. The summed E-state index contributed by atoms with van der Waals surface area (Å²) in [5, 5.41) is 11.1. The van der Waals surface area contributed by atoms with E-state index in [1.165, 1.54) is 0 Å². The van der Waals surface area contributed by atoms with Gasteiger partial charge in [-0.1, -0.05) is 27.5 Å². The zero-order chi connectivity index (χ0) is 20.5. The number of H-pyrrole nitrogens is 1. The summed E-state index contributed by atoms with van der Waals surface area (Å²) in [5.41, 5.74) is 1.55. The number of methoxy groups -OCH3 is 1. The molecule has 1 N–H and O–H groups in total. The van der Waals surface area contributed by atoms with Crippen LogP contribution in [0, 0.1) is 11.3 Å². The Labute approximate surface area is 178 Å². The van der Waals surface area contributed by atoms with Crippen LogP contribution < -0.4 is 10.3 Å². The van der Waals surface area contributed by atoms with E-state index in [0.717, 1.165) is 9.86 Å². The SMILES string of the molecule is COc1ccc2nc(Cl)c(/C=C(\C#N)c3nc4ccc(Br)cc4c(=O)[nH]3)cc2c1. The lowest BCUT2D eigenvalue weighted by Crippen LogP contribution is -2.11. The molecule has 0 radical (unpaired) electrons. The van der Waals surface area contributed by atoms with Gasteiger partial charge >= 0.3 is 0 Å². The predicted octanol–water partition coefficient (Wildman–Crippen LogP) is 4.96. The number of ether oxygens (including phenoxy) is 1. The van der Waals surface area contributed by atoms with Crippen LogP contribution in [-0.4, -0.2) is 22.1 Å². The van der Waals surface area contributed by atoms with E-state index in [9.17, 15) is 10.1 Å². The van der Waals surface area contributed by atoms with Gasteiger partial charge in [-0.3, -0.25) is 4.79 Å². The van der Waals surface area contributed by atoms with Crippen molar-refractivity contribution in [1.29, 1.82) is 5.26 Å². The van der Waals surface area contributed by atoms with Crippen LogP contribution in [0.1, 0.15) is 11.4 Å². The zero-order valence-corrected chi connectivity index (χ0v) is 17.4. The van der Waals surface area contributed by atoms with Gasteiger partial charge in [0.15, 0.2) is 5.82 Å². The van der Waals surface area contributed by atoms with Crippen molar-refractivity contribution in [3.05, 3.63) is 73.8 Å². The minimum absolute atomic E-state index is 0.161. The highest BCUT2D eigenvalue weighted by Crippen LogP contribution is 2.27. The molecule has 2 aromatic heterocycles. The lowest BCUT2D eigenvalue weighted by molar-refractivity contribution is 0.415. The molecule has 4 aromatic rings. The summed E-state index contributed by atoms with van der Waals surface area (Å²) in [4.78, 5) is 23.9. The van der Waals surface area contributed by atoms with Gasteiger partial charge in [0, 0.05) is 15.4 Å². The minimum atomic E-state index is -0.333. The van der Waals surface area contributed by atoms with Gasteiger partial charge in [-0.2, -0.15) is 5.26 Å². The number of rotatable bonds is 3. The Bertz CT molecular complexity index is 1410. The second kappa shape index (κ2) is 7.66. The number of nitrogens with one attached hydrogen (secondary N) is 1. The monoisotopic (exact) mass is 466 g/mol. The lowest BCUT2D eigenvalue weighted by Gasteiger charge is -2.06. The normalized spacial score (nSPS) is 11.6. The van der Waals surface area contributed by atoms with Crippen molar-refractivity contribution in [2.45, 2.75) is 0 Å². The maximum Gasteiger partial charge on any atom is 0.259 e. The molecule has 2 heterocycles. The molecule has 142 valence electrons. The van der Waals surface area contributed by atoms with E-state index < -0.39 is 0 Å². The van der Waals surface area contributed by atoms with Crippen LogP contribution in [0.4, 0.5) is 0 Å². The summed E-state index contributed by atoms with van der Waals surface area (Å²) in [6.07, 6.45) is 1.55. The first-order valence-electron chi connectivity index (χ1n) is 8.44. The predicted molar refractivity (Wildman–Crippen MR) is 117 cm³/mol. The highest BCUT2D eigenvalue weighted by Gasteiger charge is 2.11. The van der Waals surface area contributed by atoms with Crippen LogP contribution in [-0.2, 0) is 0 Å². The Hall–Kier alpha value is -3.21. The average molecular weight is 468 g/mol. The number of nitriles is 1. The molecule has 2 aromatic carbocycles. The van der Waals surface area contributed by atoms with E-state index in [4.69, 9.17) is 16.3 Å². The Morgan fingerprint density at radius 2 is 2.00 bits per heavy atom. The molecule has 6 nitrogen and oxygen atoms in total. The van der Waals surface area contributed by atoms with E-state index in [1.807, 2.05) is 6.07 Å². The van der Waals surface area contributed by atoms with Gasteiger partial charge in [-0.05, 0) is 48.5 Å². The number of nitrogens with zero attached hydrogens (tertiary/aromatic N) is 3. The van der Waals surface area contributed by atoms with Crippen molar-refractivity contribution in [2.24, 2.45) is 0 Å². The maximum atomic E-state index is 12.4. The van der Waals surface area contributed by atoms with E-state index in [2.05, 4.69) is 37.0 Å². The molecule has 0 unspecified atom stereocenters. The van der Waals surface area contributed by atoms with Gasteiger partial charge in [-0.25, -0.2) is 9.97 Å². The summed E-state index contributed by atoms with van der Waals surface area (Å²) in [5.74, 6) is 0.845. The molecule has 29 heavy (non-hydrogen) atoms. The molecule has 0 bridgehead atoms. The summed E-state index contributed by atoms with van der Waals surface area (Å²) in [6, 6.07) is 14.5. The summed E-state index contributed by atoms with van der Waals surface area (Å²) in [7, 11) is 1.58. The number of allylic oxidation sites excluding steroid dienone is 1. The molecule has 0 saturated carbocycles. The molecule has 0 aliphatic rings. The van der Waals surface area contributed by atoms with Gasteiger partial charge < -0.3 is 9.72 Å². The fourth-order valence-corrected chi connectivity index (χ4v) is 3.48. The largest absolute Gasteiger partial charge is 0.497 e. The summed E-state index contributed by atoms with van der Waals surface area (Å²) >= 11 is 9.65. The van der Waals surface area contributed by atoms with Crippen molar-refractivity contribution < 1.29 is 4.74 Å². The van der Waals surface area contributed by atoms with Crippen LogP contribution in [0.15, 0.2) is 51.7 Å². The van der Waals surface area contributed by atoms with Crippen LogP contribution in [0.25, 0.3) is 33.5 Å². The van der Waals surface area contributed by atoms with Crippen molar-refractivity contribution >= 4 is 61.0 Å². The highest BCUT2D eigenvalue weighted by atomic mass is 79.9. The number of aromatic amines is 1. The molecular weight excluding hydrogens is 456 g/mol. The van der Waals surface area contributed by atoms with Crippen LogP contribution in [0.3, 0.4) is 0 Å². The second-order valence-corrected chi connectivity index (χ2v) is 7.45. The van der Waals surface area contributed by atoms with E-state index in [-0.39, 0.29) is 22.1 Å². The fraction of sp³-hybridized carbons (Fsp3) is 0.0476. The Morgan fingerprint density at radius 3 is 2.76 bits per heavy atom. The van der Waals surface area contributed by atoms with Crippen LogP contribution >= 0.6 is 27.5 Å². The minimum Gasteiger partial charge on any atom is -0.497 e. The molecule has 4 rings (SSSR count). The standard InChI is InChI=1S/C21H12BrClN4O2/c1-29-15-3-5-17-11(8-15)6-12(19(23)25-17)7-13(10-24)20-26-18-4-2-14(22)9-16(18)21(28)27-20/h2-9H,1H3,(H,26,27,28)/b13-7+. The average Bonchev–Trinajstić information content (AvgIpc) is 2.72. The first-order chi connectivity index (χ1) is 14.0. The van der Waals surface area contributed by atoms with Crippen molar-refractivity contribution in [2.75, 3.05) is 7.11 Å². The highest BCUT2D eigenvalue weighted by molar-refractivity contribution is 9.10. The van der Waals surface area contributed by atoms with Crippen molar-refractivity contribution in [1.82, 2.24) is 15.0 Å². The van der Waals surface area contributed by atoms with Gasteiger partial charge in [0.1, 0.15) is 17.0 Å². The molecule has 8 heteroatoms. The van der Waals surface area contributed by atoms with Crippen LogP contribution in [0.2, 0.25) is 5.15 Å². The number of benzene rings is 2. The molecule has 0 spiro atoms. The smallest absolute Gasteiger partial charge is 0.259 e. The Kier molecular flexibility index (Phi) is 5.05. The van der Waals surface area contributed by atoms with Gasteiger partial charge in [-0.15, -0.1) is 0 Å². The summed E-state index contributed by atoms with van der Waals surface area (Å²) in [6.45, 7) is 0. The lowest BCUT2D eigenvalue weighted by atomic mass is 10.1. The third-order valence-corrected chi connectivity index (χ3v) is 5.14. The van der Waals surface area contributed by atoms with Gasteiger partial charge in [0.2, 0.25) is 0 Å². The molecule has 0 fully saturated rings. The molecule has 0 atom stereocenters. The number of halogens is 2. The van der Waals surface area contributed by atoms with Crippen LogP contribution in [0.5, 0.6) is 5.75 Å². The van der Waals surface area contributed by atoms with Crippen molar-refractivity contribution in [3.8, 4) is 11.8 Å². The third-order valence-electron chi connectivity index (χ3n) is 4.35. The second-order valence-electron chi connectivity index (χ2n) is 6.17. The van der Waals surface area contributed by atoms with E-state index >= 15 is 0 Å². The number of aromatic nitrogens is 3. The quantitative estimate of drug-likeness (QED) is 0.340. The number of pyridine rings is 1. The fourth-order valence-electron chi connectivity index (χ4n) is 2.92. The van der Waals surface area contributed by atoms with E-state index in [1.54, 1.807) is 49.6 Å².